The zero-order valence-corrected chi connectivity index (χ0v) is 13.9. The first-order valence-electron chi connectivity index (χ1n) is 7.17. The summed E-state index contributed by atoms with van der Waals surface area (Å²) in [6, 6.07) is 8.36. The average molecular weight is 338 g/mol. The van der Waals surface area contributed by atoms with Gasteiger partial charge in [-0.25, -0.2) is 0 Å². The standard InChI is InChI=1S/C17H20ClNO4/c1-22-16-9-13(18)8-12(17(16)23-2)10-19-6-5-11-3-4-14(20)15(21)7-11/h3-4,7-9,19-21H,5-6,10H2,1-2H3. The van der Waals surface area contributed by atoms with Crippen LogP contribution in [0, 0.1) is 0 Å². The van der Waals surface area contributed by atoms with Crippen LogP contribution in [0.15, 0.2) is 30.3 Å². The van der Waals surface area contributed by atoms with E-state index < -0.39 is 0 Å². The molecule has 0 saturated carbocycles. The molecular weight excluding hydrogens is 318 g/mol. The third-order valence-electron chi connectivity index (χ3n) is 3.47. The minimum Gasteiger partial charge on any atom is -0.504 e. The first-order chi connectivity index (χ1) is 11.0. The number of phenols is 2. The number of rotatable bonds is 7. The molecule has 2 aromatic rings. The van der Waals surface area contributed by atoms with Crippen LogP contribution in [0.3, 0.4) is 0 Å². The first-order valence-corrected chi connectivity index (χ1v) is 7.55. The fraction of sp³-hybridized carbons (Fsp3) is 0.294. The molecule has 0 heterocycles. The molecule has 0 saturated heterocycles. The summed E-state index contributed by atoms with van der Waals surface area (Å²) in [5, 5.41) is 22.7. The Hall–Kier alpha value is -2.11. The summed E-state index contributed by atoms with van der Waals surface area (Å²) in [4.78, 5) is 0. The predicted molar refractivity (Wildman–Crippen MR) is 89.7 cm³/mol. The van der Waals surface area contributed by atoms with Gasteiger partial charge in [0.05, 0.1) is 14.2 Å². The molecule has 2 rings (SSSR count). The minimum atomic E-state index is -0.113. The van der Waals surface area contributed by atoms with E-state index in [0.717, 1.165) is 11.1 Å². The molecule has 0 spiro atoms. The molecule has 6 heteroatoms. The van der Waals surface area contributed by atoms with Gasteiger partial charge >= 0.3 is 0 Å². The molecule has 0 atom stereocenters. The Morgan fingerprint density at radius 3 is 2.48 bits per heavy atom. The minimum absolute atomic E-state index is 0.108. The maximum atomic E-state index is 9.48. The second-order valence-electron chi connectivity index (χ2n) is 5.05. The van der Waals surface area contributed by atoms with Crippen LogP contribution in [0.2, 0.25) is 5.02 Å². The Morgan fingerprint density at radius 2 is 1.83 bits per heavy atom. The molecule has 23 heavy (non-hydrogen) atoms. The highest BCUT2D eigenvalue weighted by atomic mass is 35.5. The highest BCUT2D eigenvalue weighted by Crippen LogP contribution is 2.34. The highest BCUT2D eigenvalue weighted by Gasteiger charge is 2.11. The summed E-state index contributed by atoms with van der Waals surface area (Å²) in [5.74, 6) is 1.04. The number of ether oxygens (including phenoxy) is 2. The molecule has 0 radical (unpaired) electrons. The molecule has 0 aliphatic carbocycles. The van der Waals surface area contributed by atoms with E-state index in [1.54, 1.807) is 32.4 Å². The Labute approximate surface area is 140 Å². The first kappa shape index (κ1) is 17.2. The van der Waals surface area contributed by atoms with Crippen LogP contribution < -0.4 is 14.8 Å². The third-order valence-corrected chi connectivity index (χ3v) is 3.68. The average Bonchev–Trinajstić information content (AvgIpc) is 2.54. The predicted octanol–water partition coefficient (Wildman–Crippen LogP) is 3.10. The zero-order chi connectivity index (χ0) is 16.8. The zero-order valence-electron chi connectivity index (χ0n) is 13.1. The number of aromatic hydroxyl groups is 2. The fourth-order valence-electron chi connectivity index (χ4n) is 2.32. The van der Waals surface area contributed by atoms with Gasteiger partial charge in [0.2, 0.25) is 0 Å². The Bertz CT molecular complexity index is 676. The Morgan fingerprint density at radius 1 is 1.04 bits per heavy atom. The van der Waals surface area contributed by atoms with E-state index in [-0.39, 0.29) is 11.5 Å². The smallest absolute Gasteiger partial charge is 0.165 e. The van der Waals surface area contributed by atoms with E-state index in [4.69, 9.17) is 21.1 Å². The van der Waals surface area contributed by atoms with Gasteiger partial charge in [-0.3, -0.25) is 0 Å². The monoisotopic (exact) mass is 337 g/mol. The Balaban J connectivity index is 1.96. The van der Waals surface area contributed by atoms with E-state index in [9.17, 15) is 10.2 Å². The number of hydrogen-bond acceptors (Lipinski definition) is 5. The summed E-state index contributed by atoms with van der Waals surface area (Å²) in [6.07, 6.45) is 0.716. The summed E-state index contributed by atoms with van der Waals surface area (Å²) in [6.45, 7) is 1.27. The van der Waals surface area contributed by atoms with Gasteiger partial charge in [0.25, 0.3) is 0 Å². The van der Waals surface area contributed by atoms with E-state index in [1.165, 1.54) is 6.07 Å². The largest absolute Gasteiger partial charge is 0.504 e. The number of halogens is 1. The third kappa shape index (κ3) is 4.43. The molecule has 5 nitrogen and oxygen atoms in total. The van der Waals surface area contributed by atoms with Crippen LogP contribution >= 0.6 is 11.6 Å². The van der Waals surface area contributed by atoms with Crippen molar-refractivity contribution < 1.29 is 19.7 Å². The van der Waals surface area contributed by atoms with Crippen LogP contribution in [-0.4, -0.2) is 31.0 Å². The lowest BCUT2D eigenvalue weighted by molar-refractivity contribution is 0.351. The van der Waals surface area contributed by atoms with Crippen LogP contribution in [0.1, 0.15) is 11.1 Å². The summed E-state index contributed by atoms with van der Waals surface area (Å²) < 4.78 is 10.7. The highest BCUT2D eigenvalue weighted by molar-refractivity contribution is 6.30. The van der Waals surface area contributed by atoms with Crippen LogP contribution in [0.5, 0.6) is 23.0 Å². The quantitative estimate of drug-likeness (QED) is 0.535. The van der Waals surface area contributed by atoms with E-state index in [2.05, 4.69) is 5.32 Å². The molecule has 0 aromatic heterocycles. The summed E-state index contributed by atoms with van der Waals surface area (Å²) >= 11 is 6.08. The molecule has 0 bridgehead atoms. The Kier molecular flexibility index (Phi) is 5.96. The number of hydrogen-bond donors (Lipinski definition) is 3. The van der Waals surface area contributed by atoms with Crippen molar-refractivity contribution in [3.8, 4) is 23.0 Å². The van der Waals surface area contributed by atoms with Crippen molar-refractivity contribution >= 4 is 11.6 Å². The van der Waals surface area contributed by atoms with E-state index in [0.29, 0.717) is 36.0 Å². The van der Waals surface area contributed by atoms with Crippen molar-refractivity contribution in [3.05, 3.63) is 46.5 Å². The van der Waals surface area contributed by atoms with Gasteiger partial charge < -0.3 is 25.0 Å². The van der Waals surface area contributed by atoms with E-state index >= 15 is 0 Å². The number of nitrogens with one attached hydrogen (secondary N) is 1. The molecule has 124 valence electrons. The van der Waals surface area contributed by atoms with Crippen molar-refractivity contribution in [3.63, 3.8) is 0 Å². The van der Waals surface area contributed by atoms with Crippen LogP contribution in [0.25, 0.3) is 0 Å². The molecule has 0 amide bonds. The second kappa shape index (κ2) is 7.94. The van der Waals surface area contributed by atoms with Gasteiger partial charge in [-0.1, -0.05) is 17.7 Å². The van der Waals surface area contributed by atoms with Crippen molar-refractivity contribution in [1.29, 1.82) is 0 Å². The van der Waals surface area contributed by atoms with Gasteiger partial charge in [-0.05, 0) is 36.7 Å². The van der Waals surface area contributed by atoms with Crippen LogP contribution in [-0.2, 0) is 13.0 Å². The van der Waals surface area contributed by atoms with Crippen molar-refractivity contribution in [1.82, 2.24) is 5.32 Å². The normalized spacial score (nSPS) is 10.6. The fourth-order valence-corrected chi connectivity index (χ4v) is 2.55. The number of benzene rings is 2. The van der Waals surface area contributed by atoms with E-state index in [1.807, 2.05) is 6.07 Å². The van der Waals surface area contributed by atoms with Crippen molar-refractivity contribution in [2.24, 2.45) is 0 Å². The molecule has 0 aliphatic heterocycles. The molecule has 2 aromatic carbocycles. The summed E-state index contributed by atoms with van der Waals surface area (Å²) in [7, 11) is 3.16. The maximum absolute atomic E-state index is 9.48. The molecule has 3 N–H and O–H groups in total. The number of phenolic OH excluding ortho intramolecular Hbond substituents is 2. The number of methoxy groups -OCH3 is 2. The van der Waals surface area contributed by atoms with Crippen LogP contribution in [0.4, 0.5) is 0 Å². The molecule has 0 aliphatic rings. The summed E-state index contributed by atoms with van der Waals surface area (Å²) in [5.41, 5.74) is 1.84. The second-order valence-corrected chi connectivity index (χ2v) is 5.49. The van der Waals surface area contributed by atoms with Crippen molar-refractivity contribution in [2.75, 3.05) is 20.8 Å². The SMILES string of the molecule is COc1cc(Cl)cc(CNCCc2ccc(O)c(O)c2)c1OC. The molecule has 0 fully saturated rings. The topological polar surface area (TPSA) is 71.0 Å². The molecular formula is C17H20ClNO4. The lowest BCUT2D eigenvalue weighted by Crippen LogP contribution is -2.17. The van der Waals surface area contributed by atoms with Gasteiger partial charge in [0.1, 0.15) is 0 Å². The van der Waals surface area contributed by atoms with Gasteiger partial charge in [-0.15, -0.1) is 0 Å². The lowest BCUT2D eigenvalue weighted by atomic mass is 10.1. The lowest BCUT2D eigenvalue weighted by Gasteiger charge is -2.14. The maximum Gasteiger partial charge on any atom is 0.165 e. The van der Waals surface area contributed by atoms with Gasteiger partial charge in [0, 0.05) is 23.2 Å². The van der Waals surface area contributed by atoms with Gasteiger partial charge in [0.15, 0.2) is 23.0 Å². The van der Waals surface area contributed by atoms with Gasteiger partial charge in [-0.2, -0.15) is 0 Å². The molecule has 0 unspecified atom stereocenters. The van der Waals surface area contributed by atoms with Crippen molar-refractivity contribution in [2.45, 2.75) is 13.0 Å².